The first kappa shape index (κ1) is 20.9. The van der Waals surface area contributed by atoms with Crippen LogP contribution in [0.2, 0.25) is 10.0 Å². The van der Waals surface area contributed by atoms with E-state index in [4.69, 9.17) is 33.0 Å². The molecule has 0 saturated heterocycles. The van der Waals surface area contributed by atoms with Crippen LogP contribution >= 0.6 is 23.2 Å². The standard InChI is InChI=1S/C25H21Cl2N3O2/c1-14-24(16-11-17(26)13-18(27)12-16)22-8-7-19(15(2)30(22)29-14)25(31)28-21-9-10-32-23-6-4-3-5-20(21)23/h3-8,11-13,21H,9-10H2,1-2H3,(H,28,31)/t21-/m0/s1. The molecule has 3 heterocycles. The molecule has 1 aliphatic heterocycles. The zero-order valence-electron chi connectivity index (χ0n) is 17.7. The third-order valence-corrected chi connectivity index (χ3v) is 6.31. The molecule has 32 heavy (non-hydrogen) atoms. The first-order chi connectivity index (χ1) is 15.4. The number of fused-ring (bicyclic) bond motifs is 2. The number of halogens is 2. The molecule has 1 atom stereocenters. The number of pyridine rings is 1. The van der Waals surface area contributed by atoms with Gasteiger partial charge < -0.3 is 10.1 Å². The zero-order chi connectivity index (χ0) is 22.4. The van der Waals surface area contributed by atoms with E-state index >= 15 is 0 Å². The minimum Gasteiger partial charge on any atom is -0.493 e. The molecule has 0 fully saturated rings. The average molecular weight is 466 g/mol. The van der Waals surface area contributed by atoms with Crippen molar-refractivity contribution in [2.75, 3.05) is 6.61 Å². The molecule has 1 N–H and O–H groups in total. The van der Waals surface area contributed by atoms with E-state index in [-0.39, 0.29) is 11.9 Å². The first-order valence-electron chi connectivity index (χ1n) is 10.4. The fourth-order valence-electron chi connectivity index (χ4n) is 4.37. The second kappa shape index (κ2) is 8.15. The number of amides is 1. The predicted octanol–water partition coefficient (Wildman–Crippen LogP) is 6.18. The predicted molar refractivity (Wildman–Crippen MR) is 127 cm³/mol. The van der Waals surface area contributed by atoms with Crippen LogP contribution in [0, 0.1) is 13.8 Å². The second-order valence-electron chi connectivity index (χ2n) is 7.95. The highest BCUT2D eigenvalue weighted by Crippen LogP contribution is 2.34. The summed E-state index contributed by atoms with van der Waals surface area (Å²) in [7, 11) is 0. The van der Waals surface area contributed by atoms with Crippen molar-refractivity contribution < 1.29 is 9.53 Å². The first-order valence-corrected chi connectivity index (χ1v) is 11.2. The van der Waals surface area contributed by atoms with Crippen LogP contribution in [-0.2, 0) is 0 Å². The second-order valence-corrected chi connectivity index (χ2v) is 8.82. The van der Waals surface area contributed by atoms with Crippen LogP contribution in [0.5, 0.6) is 5.75 Å². The summed E-state index contributed by atoms with van der Waals surface area (Å²) in [6.45, 7) is 4.42. The number of aryl methyl sites for hydroxylation is 2. The van der Waals surface area contributed by atoms with E-state index in [1.54, 1.807) is 6.07 Å². The summed E-state index contributed by atoms with van der Waals surface area (Å²) in [6, 6.07) is 16.9. The lowest BCUT2D eigenvalue weighted by atomic mass is 10.00. The molecule has 7 heteroatoms. The van der Waals surface area contributed by atoms with Crippen LogP contribution in [0.1, 0.15) is 39.8 Å². The molecule has 1 amide bonds. The molecule has 5 rings (SSSR count). The molecule has 0 radical (unpaired) electrons. The van der Waals surface area contributed by atoms with E-state index < -0.39 is 0 Å². The highest BCUT2D eigenvalue weighted by atomic mass is 35.5. The molecule has 1 aliphatic rings. The molecule has 0 aliphatic carbocycles. The van der Waals surface area contributed by atoms with Gasteiger partial charge in [-0.1, -0.05) is 41.4 Å². The lowest BCUT2D eigenvalue weighted by molar-refractivity contribution is 0.0923. The van der Waals surface area contributed by atoms with Gasteiger partial charge in [0, 0.05) is 27.6 Å². The quantitative estimate of drug-likeness (QED) is 0.393. The van der Waals surface area contributed by atoms with Gasteiger partial charge in [-0.15, -0.1) is 0 Å². The van der Waals surface area contributed by atoms with E-state index in [0.717, 1.165) is 45.8 Å². The Balaban J connectivity index is 1.51. The summed E-state index contributed by atoms with van der Waals surface area (Å²) < 4.78 is 7.52. The fraction of sp³-hybridized carbons (Fsp3) is 0.200. The van der Waals surface area contributed by atoms with Gasteiger partial charge in [-0.3, -0.25) is 4.79 Å². The maximum absolute atomic E-state index is 13.2. The highest BCUT2D eigenvalue weighted by Gasteiger charge is 2.25. The number of carbonyl (C=O) groups is 1. The van der Waals surface area contributed by atoms with Gasteiger partial charge in [0.05, 0.1) is 35.1 Å². The SMILES string of the molecule is Cc1nn2c(C)c(C(=O)N[C@H]3CCOc4ccccc43)ccc2c1-c1cc(Cl)cc(Cl)c1. The van der Waals surface area contributed by atoms with Gasteiger partial charge >= 0.3 is 0 Å². The highest BCUT2D eigenvalue weighted by molar-refractivity contribution is 6.35. The fourth-order valence-corrected chi connectivity index (χ4v) is 4.90. The van der Waals surface area contributed by atoms with Crippen molar-refractivity contribution in [3.8, 4) is 16.9 Å². The molecule has 2 aromatic heterocycles. The van der Waals surface area contributed by atoms with E-state index in [1.165, 1.54) is 0 Å². The Morgan fingerprint density at radius 3 is 2.62 bits per heavy atom. The maximum atomic E-state index is 13.2. The van der Waals surface area contributed by atoms with Crippen molar-refractivity contribution in [2.45, 2.75) is 26.3 Å². The van der Waals surface area contributed by atoms with Crippen molar-refractivity contribution in [3.63, 3.8) is 0 Å². The number of ether oxygens (including phenoxy) is 1. The van der Waals surface area contributed by atoms with Gasteiger partial charge in [0.25, 0.3) is 5.91 Å². The monoisotopic (exact) mass is 465 g/mol. The summed E-state index contributed by atoms with van der Waals surface area (Å²) in [6.07, 6.45) is 0.727. The Kier molecular flexibility index (Phi) is 5.31. The number of nitrogens with one attached hydrogen (secondary N) is 1. The molecule has 0 unspecified atom stereocenters. The summed E-state index contributed by atoms with van der Waals surface area (Å²) in [5.41, 5.74) is 5.92. The molecular formula is C25H21Cl2N3O2. The molecule has 162 valence electrons. The number of hydrogen-bond acceptors (Lipinski definition) is 3. The Bertz CT molecular complexity index is 1340. The van der Waals surface area contributed by atoms with Crippen molar-refractivity contribution in [1.82, 2.24) is 14.9 Å². The molecule has 0 saturated carbocycles. The topological polar surface area (TPSA) is 55.6 Å². The molecule has 5 nitrogen and oxygen atoms in total. The van der Waals surface area contributed by atoms with Gasteiger partial charge in [0.1, 0.15) is 5.75 Å². The number of rotatable bonds is 3. The number of para-hydroxylation sites is 1. The largest absolute Gasteiger partial charge is 0.493 e. The van der Waals surface area contributed by atoms with Crippen molar-refractivity contribution >= 4 is 34.6 Å². The van der Waals surface area contributed by atoms with Crippen LogP contribution in [0.4, 0.5) is 0 Å². The van der Waals surface area contributed by atoms with Crippen LogP contribution < -0.4 is 10.1 Å². The van der Waals surface area contributed by atoms with E-state index in [2.05, 4.69) is 5.32 Å². The smallest absolute Gasteiger partial charge is 0.253 e. The summed E-state index contributed by atoms with van der Waals surface area (Å²) in [5, 5.41) is 9.01. The Morgan fingerprint density at radius 1 is 1.09 bits per heavy atom. The molecule has 0 spiro atoms. The van der Waals surface area contributed by atoms with Gasteiger partial charge in [0.2, 0.25) is 0 Å². The lowest BCUT2D eigenvalue weighted by Gasteiger charge is -2.26. The molecular weight excluding hydrogens is 445 g/mol. The van der Waals surface area contributed by atoms with Gasteiger partial charge in [-0.2, -0.15) is 5.10 Å². The van der Waals surface area contributed by atoms with Gasteiger partial charge in [-0.05, 0) is 55.8 Å². The van der Waals surface area contributed by atoms with Crippen molar-refractivity contribution in [2.24, 2.45) is 0 Å². The minimum atomic E-state index is -0.133. The molecule has 0 bridgehead atoms. The average Bonchev–Trinajstić information content (AvgIpc) is 3.10. The third kappa shape index (κ3) is 3.61. The summed E-state index contributed by atoms with van der Waals surface area (Å²) in [5.74, 6) is 0.690. The van der Waals surface area contributed by atoms with Crippen LogP contribution in [0.3, 0.4) is 0 Å². The Morgan fingerprint density at radius 2 is 1.84 bits per heavy atom. The van der Waals surface area contributed by atoms with E-state index in [1.807, 2.05) is 66.9 Å². The van der Waals surface area contributed by atoms with Gasteiger partial charge in [-0.25, -0.2) is 4.52 Å². The van der Waals surface area contributed by atoms with E-state index in [0.29, 0.717) is 22.2 Å². The minimum absolute atomic E-state index is 0.0916. The van der Waals surface area contributed by atoms with Crippen molar-refractivity contribution in [3.05, 3.63) is 87.2 Å². The maximum Gasteiger partial charge on any atom is 0.253 e. The van der Waals surface area contributed by atoms with Crippen LogP contribution in [0.15, 0.2) is 54.6 Å². The zero-order valence-corrected chi connectivity index (χ0v) is 19.2. The number of carbonyl (C=O) groups excluding carboxylic acids is 1. The normalized spacial score (nSPS) is 15.3. The molecule has 2 aromatic carbocycles. The Labute approximate surface area is 195 Å². The third-order valence-electron chi connectivity index (χ3n) is 5.87. The van der Waals surface area contributed by atoms with Crippen molar-refractivity contribution in [1.29, 1.82) is 0 Å². The van der Waals surface area contributed by atoms with Crippen LogP contribution in [0.25, 0.3) is 16.6 Å². The Hall–Kier alpha value is -3.02. The number of hydrogen-bond donors (Lipinski definition) is 1. The lowest BCUT2D eigenvalue weighted by Crippen LogP contribution is -2.32. The summed E-state index contributed by atoms with van der Waals surface area (Å²) in [4.78, 5) is 13.2. The van der Waals surface area contributed by atoms with Crippen LogP contribution in [-0.4, -0.2) is 22.1 Å². The number of aromatic nitrogens is 2. The summed E-state index contributed by atoms with van der Waals surface area (Å²) >= 11 is 12.4. The molecule has 4 aromatic rings. The number of benzene rings is 2. The van der Waals surface area contributed by atoms with E-state index in [9.17, 15) is 4.79 Å². The van der Waals surface area contributed by atoms with Gasteiger partial charge in [0.15, 0.2) is 0 Å². The number of nitrogens with zero attached hydrogens (tertiary/aromatic N) is 2.